The third-order valence-corrected chi connectivity index (χ3v) is 6.30. The zero-order valence-electron chi connectivity index (χ0n) is 13.8. The number of rotatable bonds is 3. The molecule has 1 N–H and O–H groups in total. The molecule has 2 aliphatic rings. The van der Waals surface area contributed by atoms with Crippen molar-refractivity contribution in [2.75, 3.05) is 37.6 Å². The van der Waals surface area contributed by atoms with E-state index in [1.54, 1.807) is 0 Å². The minimum Gasteiger partial charge on any atom is -0.369 e. The molecule has 0 spiro atoms. The average molecular weight is 341 g/mol. The van der Waals surface area contributed by atoms with Gasteiger partial charge in [-0.2, -0.15) is 0 Å². The summed E-state index contributed by atoms with van der Waals surface area (Å²) < 4.78 is 14.9. The molecule has 2 aromatic carbocycles. The maximum absolute atomic E-state index is 12.8. The highest BCUT2D eigenvalue weighted by Crippen LogP contribution is 2.30. The van der Waals surface area contributed by atoms with E-state index in [4.69, 9.17) is 0 Å². The molecule has 1 fully saturated rings. The lowest BCUT2D eigenvalue weighted by molar-refractivity contribution is 0.420. The Bertz CT molecular complexity index is 729. The fraction of sp³-hybridized carbons (Fsp3) is 0.368. The van der Waals surface area contributed by atoms with Crippen molar-refractivity contribution in [2.24, 2.45) is 0 Å². The molecule has 0 amide bonds. The van der Waals surface area contributed by atoms with Gasteiger partial charge in [-0.15, -0.1) is 0 Å². The number of hydrogen-bond acceptors (Lipinski definition) is 3. The Kier molecular flexibility index (Phi) is 4.65. The lowest BCUT2D eigenvalue weighted by atomic mass is 9.98. The molecule has 1 unspecified atom stereocenters. The van der Waals surface area contributed by atoms with Crippen LogP contribution in [-0.2, 0) is 24.0 Å². The zero-order valence-corrected chi connectivity index (χ0v) is 14.6. The van der Waals surface area contributed by atoms with Gasteiger partial charge in [-0.1, -0.05) is 30.3 Å². The van der Waals surface area contributed by atoms with Gasteiger partial charge in [0, 0.05) is 45.0 Å². The van der Waals surface area contributed by atoms with Crippen molar-refractivity contribution in [3.05, 3.63) is 59.7 Å². The number of fused-ring (bicyclic) bond motifs is 1. The number of hydrogen-bond donors (Lipinski definition) is 1. The average Bonchev–Trinajstić information content (AvgIpc) is 2.68. The molecular formula is C19H23N3OS. The molecule has 2 aromatic rings. The van der Waals surface area contributed by atoms with Crippen molar-refractivity contribution in [1.29, 1.82) is 0 Å². The predicted molar refractivity (Wildman–Crippen MR) is 98.5 cm³/mol. The van der Waals surface area contributed by atoms with Crippen LogP contribution in [0.3, 0.4) is 0 Å². The predicted octanol–water partition coefficient (Wildman–Crippen LogP) is 2.18. The lowest BCUT2D eigenvalue weighted by Gasteiger charge is -2.35. The first kappa shape index (κ1) is 15.8. The summed E-state index contributed by atoms with van der Waals surface area (Å²) in [5, 5.41) is 3.41. The maximum atomic E-state index is 12.8. The van der Waals surface area contributed by atoms with E-state index >= 15 is 0 Å². The minimum atomic E-state index is -1.08. The standard InChI is InChI=1S/C19H23N3OS/c23-24(17-6-2-1-3-7-17)22-12-9-18-16(15-22)5-4-8-19(18)21-13-10-20-11-14-21/h1-8,20H,9-15H2. The molecule has 24 heavy (non-hydrogen) atoms. The van der Waals surface area contributed by atoms with Gasteiger partial charge in [-0.3, -0.25) is 0 Å². The van der Waals surface area contributed by atoms with Gasteiger partial charge in [0.25, 0.3) is 0 Å². The number of benzene rings is 2. The Morgan fingerprint density at radius 3 is 2.50 bits per heavy atom. The van der Waals surface area contributed by atoms with Crippen LogP contribution >= 0.6 is 0 Å². The Morgan fingerprint density at radius 2 is 1.71 bits per heavy atom. The number of nitrogens with one attached hydrogen (secondary N) is 1. The summed E-state index contributed by atoms with van der Waals surface area (Å²) in [7, 11) is -1.08. The van der Waals surface area contributed by atoms with Crippen molar-refractivity contribution >= 4 is 16.7 Å². The molecule has 4 rings (SSSR count). The Hall–Kier alpha value is -1.69. The van der Waals surface area contributed by atoms with Crippen molar-refractivity contribution < 1.29 is 4.21 Å². The summed E-state index contributed by atoms with van der Waals surface area (Å²) in [6, 6.07) is 16.3. The molecule has 0 aliphatic carbocycles. The summed E-state index contributed by atoms with van der Waals surface area (Å²) in [4.78, 5) is 3.37. The third-order valence-electron chi connectivity index (χ3n) is 4.84. The quantitative estimate of drug-likeness (QED) is 0.929. The van der Waals surface area contributed by atoms with Crippen molar-refractivity contribution in [3.63, 3.8) is 0 Å². The van der Waals surface area contributed by atoms with E-state index in [-0.39, 0.29) is 0 Å². The highest BCUT2D eigenvalue weighted by atomic mass is 32.2. The van der Waals surface area contributed by atoms with Crippen molar-refractivity contribution in [1.82, 2.24) is 9.62 Å². The van der Waals surface area contributed by atoms with Gasteiger partial charge >= 0.3 is 0 Å². The molecule has 1 saturated heterocycles. The maximum Gasteiger partial charge on any atom is 0.127 e. The van der Waals surface area contributed by atoms with Crippen LogP contribution in [0.1, 0.15) is 11.1 Å². The summed E-state index contributed by atoms with van der Waals surface area (Å²) in [6.07, 6.45) is 0.966. The molecule has 126 valence electrons. The van der Waals surface area contributed by atoms with E-state index in [0.29, 0.717) is 0 Å². The minimum absolute atomic E-state index is 0.761. The summed E-state index contributed by atoms with van der Waals surface area (Å²) in [5.41, 5.74) is 4.14. The monoisotopic (exact) mass is 341 g/mol. The number of piperazine rings is 1. The third kappa shape index (κ3) is 3.11. The van der Waals surface area contributed by atoms with Gasteiger partial charge < -0.3 is 10.2 Å². The van der Waals surface area contributed by atoms with Crippen LogP contribution in [0.2, 0.25) is 0 Å². The Morgan fingerprint density at radius 1 is 0.917 bits per heavy atom. The van der Waals surface area contributed by atoms with Gasteiger partial charge in [0.1, 0.15) is 11.0 Å². The largest absolute Gasteiger partial charge is 0.369 e. The molecule has 5 heteroatoms. The number of nitrogens with zero attached hydrogens (tertiary/aromatic N) is 2. The fourth-order valence-corrected chi connectivity index (χ4v) is 4.79. The van der Waals surface area contributed by atoms with Crippen molar-refractivity contribution in [2.45, 2.75) is 17.9 Å². The zero-order chi connectivity index (χ0) is 16.4. The summed E-state index contributed by atoms with van der Waals surface area (Å²) in [5.74, 6) is 0. The molecule has 0 saturated carbocycles. The van der Waals surface area contributed by atoms with E-state index < -0.39 is 11.0 Å². The van der Waals surface area contributed by atoms with Crippen LogP contribution in [0, 0.1) is 0 Å². The van der Waals surface area contributed by atoms with E-state index in [0.717, 1.165) is 50.6 Å². The second kappa shape index (κ2) is 7.05. The lowest BCUT2D eigenvalue weighted by Crippen LogP contribution is -2.44. The Labute approximate surface area is 146 Å². The molecule has 0 bridgehead atoms. The Balaban J connectivity index is 1.56. The topological polar surface area (TPSA) is 35.6 Å². The number of anilines is 1. The van der Waals surface area contributed by atoms with Crippen LogP contribution in [-0.4, -0.2) is 41.2 Å². The molecule has 0 radical (unpaired) electrons. The highest BCUT2D eigenvalue weighted by Gasteiger charge is 2.25. The molecule has 2 aliphatic heterocycles. The second-order valence-electron chi connectivity index (χ2n) is 6.33. The van der Waals surface area contributed by atoms with Gasteiger partial charge in [-0.05, 0) is 35.7 Å². The molecular weight excluding hydrogens is 318 g/mol. The SMILES string of the molecule is O=S(c1ccccc1)N1CCc2c(cccc2N2CCNCC2)C1. The van der Waals surface area contributed by atoms with Crippen LogP contribution in [0.5, 0.6) is 0 Å². The molecule has 1 atom stereocenters. The van der Waals surface area contributed by atoms with E-state index in [1.165, 1.54) is 16.8 Å². The van der Waals surface area contributed by atoms with Crippen LogP contribution in [0.25, 0.3) is 0 Å². The van der Waals surface area contributed by atoms with Gasteiger partial charge in [0.15, 0.2) is 0 Å². The smallest absolute Gasteiger partial charge is 0.127 e. The highest BCUT2D eigenvalue weighted by molar-refractivity contribution is 7.82. The first-order valence-corrected chi connectivity index (χ1v) is 9.72. The normalized spacial score (nSPS) is 19.8. The molecule has 4 nitrogen and oxygen atoms in total. The first-order chi connectivity index (χ1) is 11.8. The van der Waals surface area contributed by atoms with Crippen molar-refractivity contribution in [3.8, 4) is 0 Å². The van der Waals surface area contributed by atoms with E-state index in [9.17, 15) is 4.21 Å². The second-order valence-corrected chi connectivity index (χ2v) is 7.81. The van der Waals surface area contributed by atoms with Gasteiger partial charge in [-0.25, -0.2) is 8.51 Å². The van der Waals surface area contributed by atoms with E-state index in [1.807, 2.05) is 30.3 Å². The first-order valence-electron chi connectivity index (χ1n) is 8.61. The van der Waals surface area contributed by atoms with E-state index in [2.05, 4.69) is 32.7 Å². The van der Waals surface area contributed by atoms with Crippen LogP contribution < -0.4 is 10.2 Å². The molecule has 2 heterocycles. The summed E-state index contributed by atoms with van der Waals surface area (Å²) >= 11 is 0. The molecule has 0 aromatic heterocycles. The van der Waals surface area contributed by atoms with Crippen LogP contribution in [0.15, 0.2) is 53.4 Å². The fourth-order valence-electron chi connectivity index (χ4n) is 3.59. The summed E-state index contributed by atoms with van der Waals surface area (Å²) in [6.45, 7) is 5.84. The van der Waals surface area contributed by atoms with Gasteiger partial charge in [0.2, 0.25) is 0 Å². The van der Waals surface area contributed by atoms with Crippen LogP contribution in [0.4, 0.5) is 5.69 Å². The van der Waals surface area contributed by atoms with Gasteiger partial charge in [0.05, 0.1) is 4.90 Å².